The third-order valence-electron chi connectivity index (χ3n) is 6.02. The molecule has 0 saturated heterocycles. The number of benzene rings is 1. The van der Waals surface area contributed by atoms with Crippen molar-refractivity contribution in [3.63, 3.8) is 0 Å². The molecule has 0 heterocycles. The van der Waals surface area contributed by atoms with Gasteiger partial charge in [-0.25, -0.2) is 13.1 Å². The van der Waals surface area contributed by atoms with E-state index in [1.54, 1.807) is 6.07 Å². The number of hydrogen-bond donors (Lipinski definition) is 2. The summed E-state index contributed by atoms with van der Waals surface area (Å²) in [4.78, 5) is 24.4. The van der Waals surface area contributed by atoms with E-state index in [1.807, 2.05) is 0 Å². The Labute approximate surface area is 159 Å². The number of fused-ring (bicyclic) bond motifs is 2. The first kappa shape index (κ1) is 19.3. The first-order valence-electron chi connectivity index (χ1n) is 8.83. The van der Waals surface area contributed by atoms with Gasteiger partial charge in [0.2, 0.25) is 5.91 Å². The van der Waals surface area contributed by atoms with Crippen LogP contribution in [0.4, 0.5) is 0 Å². The molecule has 3 N–H and O–H groups in total. The van der Waals surface area contributed by atoms with E-state index in [0.717, 1.165) is 24.8 Å². The maximum atomic E-state index is 12.6. The second kappa shape index (κ2) is 6.94. The Morgan fingerprint density at radius 2 is 1.92 bits per heavy atom. The third kappa shape index (κ3) is 3.28. The van der Waals surface area contributed by atoms with E-state index < -0.39 is 15.9 Å². The molecule has 0 radical (unpaired) electrons. The van der Waals surface area contributed by atoms with Gasteiger partial charge in [-0.05, 0) is 61.6 Å². The molecule has 6 nitrogen and oxygen atoms in total. The van der Waals surface area contributed by atoms with Crippen LogP contribution in [0.25, 0.3) is 0 Å². The van der Waals surface area contributed by atoms with Gasteiger partial charge in [0, 0.05) is 23.9 Å². The number of rotatable bonds is 3. The molecular weight excluding hydrogens is 376 g/mol. The van der Waals surface area contributed by atoms with E-state index in [0.29, 0.717) is 36.7 Å². The van der Waals surface area contributed by atoms with Crippen LogP contribution in [0.3, 0.4) is 0 Å². The Morgan fingerprint density at radius 1 is 1.15 bits per heavy atom. The van der Waals surface area contributed by atoms with E-state index in [9.17, 15) is 18.0 Å². The van der Waals surface area contributed by atoms with Gasteiger partial charge in [0.1, 0.15) is 0 Å². The first-order valence-corrected chi connectivity index (χ1v) is 10.3. The predicted molar refractivity (Wildman–Crippen MR) is 98.6 cm³/mol. The number of nitrogens with two attached hydrogens (primary N) is 1. The average molecular weight is 399 g/mol. The summed E-state index contributed by atoms with van der Waals surface area (Å²) < 4.78 is 27.3. The zero-order valence-electron chi connectivity index (χ0n) is 14.3. The Bertz CT molecular complexity index is 855. The largest absolute Gasteiger partial charge is 0.327 e. The van der Waals surface area contributed by atoms with Crippen molar-refractivity contribution < 1.29 is 18.0 Å². The summed E-state index contributed by atoms with van der Waals surface area (Å²) in [6.45, 7) is 0. The first-order chi connectivity index (χ1) is 11.8. The predicted octanol–water partition coefficient (Wildman–Crippen LogP) is 1.81. The minimum atomic E-state index is -3.96. The molecule has 0 aliphatic heterocycles. The molecule has 3 aliphatic carbocycles. The number of halogens is 1. The van der Waals surface area contributed by atoms with Crippen LogP contribution in [0.15, 0.2) is 23.1 Å². The van der Waals surface area contributed by atoms with Crippen LogP contribution in [0.5, 0.6) is 0 Å². The van der Waals surface area contributed by atoms with Crippen LogP contribution in [-0.2, 0) is 21.2 Å². The zero-order valence-corrected chi connectivity index (χ0v) is 15.9. The average Bonchev–Trinajstić information content (AvgIpc) is 2.92. The summed E-state index contributed by atoms with van der Waals surface area (Å²) >= 11 is 0. The molecule has 4 atom stereocenters. The molecule has 2 saturated carbocycles. The number of sulfonamides is 1. The van der Waals surface area contributed by atoms with Gasteiger partial charge in [-0.2, -0.15) is 0 Å². The number of ketones is 1. The maximum absolute atomic E-state index is 12.6. The molecule has 0 bridgehead atoms. The second-order valence-corrected chi connectivity index (χ2v) is 9.24. The van der Waals surface area contributed by atoms with Gasteiger partial charge in [-0.15, -0.1) is 12.4 Å². The highest BCUT2D eigenvalue weighted by Gasteiger charge is 2.48. The number of carbonyl (C=O) groups is 2. The minimum absolute atomic E-state index is 0. The highest BCUT2D eigenvalue weighted by Crippen LogP contribution is 2.48. The molecule has 1 aromatic carbocycles. The summed E-state index contributed by atoms with van der Waals surface area (Å²) in [5, 5.41) is 0. The summed E-state index contributed by atoms with van der Waals surface area (Å²) in [5.41, 5.74) is 7.28. The quantitative estimate of drug-likeness (QED) is 0.807. The molecule has 4 unspecified atom stereocenters. The molecule has 142 valence electrons. The van der Waals surface area contributed by atoms with E-state index in [2.05, 4.69) is 4.72 Å². The van der Waals surface area contributed by atoms with Crippen LogP contribution in [0.1, 0.15) is 48.0 Å². The van der Waals surface area contributed by atoms with Crippen molar-refractivity contribution in [3.05, 3.63) is 29.3 Å². The Morgan fingerprint density at radius 3 is 2.62 bits per heavy atom. The van der Waals surface area contributed by atoms with Crippen molar-refractivity contribution in [2.45, 2.75) is 49.5 Å². The van der Waals surface area contributed by atoms with Crippen LogP contribution >= 0.6 is 12.4 Å². The fourth-order valence-corrected chi connectivity index (χ4v) is 5.61. The van der Waals surface area contributed by atoms with Crippen molar-refractivity contribution in [2.75, 3.05) is 0 Å². The Hall–Kier alpha value is -1.44. The molecule has 4 rings (SSSR count). The van der Waals surface area contributed by atoms with Crippen molar-refractivity contribution in [2.24, 2.45) is 23.5 Å². The Balaban J connectivity index is 0.00000196. The molecule has 1 aromatic rings. The van der Waals surface area contributed by atoms with Crippen molar-refractivity contribution >= 4 is 34.1 Å². The van der Waals surface area contributed by atoms with Gasteiger partial charge in [0.15, 0.2) is 5.78 Å². The van der Waals surface area contributed by atoms with Gasteiger partial charge in [-0.1, -0.05) is 6.07 Å². The lowest BCUT2D eigenvalue weighted by Crippen LogP contribution is -2.44. The lowest BCUT2D eigenvalue weighted by Gasteiger charge is -2.37. The van der Waals surface area contributed by atoms with Crippen LogP contribution in [-0.4, -0.2) is 26.2 Å². The molecular formula is C18H23ClN2O4S. The lowest BCUT2D eigenvalue weighted by molar-refractivity contribution is -0.123. The van der Waals surface area contributed by atoms with Gasteiger partial charge in [0.05, 0.1) is 4.90 Å². The van der Waals surface area contributed by atoms with E-state index >= 15 is 0 Å². The molecule has 26 heavy (non-hydrogen) atoms. The van der Waals surface area contributed by atoms with E-state index in [4.69, 9.17) is 5.73 Å². The topological polar surface area (TPSA) is 106 Å². The van der Waals surface area contributed by atoms with Gasteiger partial charge >= 0.3 is 0 Å². The normalized spacial score (nSPS) is 29.8. The third-order valence-corrected chi connectivity index (χ3v) is 7.37. The number of aryl methyl sites for hydroxylation is 1. The minimum Gasteiger partial charge on any atom is -0.327 e. The zero-order chi connectivity index (χ0) is 17.8. The summed E-state index contributed by atoms with van der Waals surface area (Å²) in [7, 11) is -3.96. The van der Waals surface area contributed by atoms with E-state index in [1.165, 1.54) is 12.1 Å². The molecule has 0 aromatic heterocycles. The summed E-state index contributed by atoms with van der Waals surface area (Å²) in [6, 6.07) is 4.70. The molecule has 8 heteroatoms. The van der Waals surface area contributed by atoms with E-state index in [-0.39, 0.29) is 35.0 Å². The highest BCUT2D eigenvalue weighted by atomic mass is 35.5. The molecule has 1 amide bonds. The van der Waals surface area contributed by atoms with Gasteiger partial charge in [0.25, 0.3) is 10.0 Å². The lowest BCUT2D eigenvalue weighted by atomic mass is 9.72. The molecule has 3 aliphatic rings. The van der Waals surface area contributed by atoms with Crippen molar-refractivity contribution in [1.82, 2.24) is 4.72 Å². The molecule has 2 fully saturated rings. The van der Waals surface area contributed by atoms with Crippen LogP contribution in [0.2, 0.25) is 0 Å². The van der Waals surface area contributed by atoms with Gasteiger partial charge in [-0.3, -0.25) is 9.59 Å². The Kier molecular flexibility index (Phi) is 5.16. The van der Waals surface area contributed by atoms with Gasteiger partial charge < -0.3 is 5.73 Å². The summed E-state index contributed by atoms with van der Waals surface area (Å²) in [6.07, 6.45) is 4.31. The standard InChI is InChI=1S/C18H22N2O4S.ClH/c19-16-8-11-6-12(7-14(11)16)18(22)20-25(23,24)13-5-4-10-2-1-3-17(21)15(10)9-13;/h4-5,9,11-12,14,16H,1-3,6-8,19H2,(H,20,22);1H. The van der Waals surface area contributed by atoms with Crippen molar-refractivity contribution in [1.29, 1.82) is 0 Å². The van der Waals surface area contributed by atoms with Crippen LogP contribution in [0, 0.1) is 17.8 Å². The molecule has 0 spiro atoms. The number of Topliss-reactive ketones (excluding diaryl/α,β-unsaturated/α-hetero) is 1. The number of hydrogen-bond acceptors (Lipinski definition) is 5. The fourth-order valence-electron chi connectivity index (χ4n) is 4.54. The SMILES string of the molecule is Cl.NC1CC2CC(C(=O)NS(=O)(=O)c3ccc4c(c3)C(=O)CCC4)CC12. The summed E-state index contributed by atoms with van der Waals surface area (Å²) in [5.74, 6) is 0.0175. The number of amides is 1. The second-order valence-electron chi connectivity index (χ2n) is 7.56. The monoisotopic (exact) mass is 398 g/mol. The number of nitrogens with one attached hydrogen (secondary N) is 1. The maximum Gasteiger partial charge on any atom is 0.264 e. The van der Waals surface area contributed by atoms with Crippen LogP contribution < -0.4 is 10.5 Å². The highest BCUT2D eigenvalue weighted by molar-refractivity contribution is 7.90. The van der Waals surface area contributed by atoms with Crippen molar-refractivity contribution in [3.8, 4) is 0 Å². The number of carbonyl (C=O) groups excluding carboxylic acids is 2. The fraction of sp³-hybridized carbons (Fsp3) is 0.556. The smallest absolute Gasteiger partial charge is 0.264 e.